The molecular formula is C14H26N4O2S. The molecule has 0 saturated heterocycles. The normalized spacial score (nSPS) is 23.3. The van der Waals surface area contributed by atoms with Crippen molar-refractivity contribution in [3.05, 3.63) is 12.4 Å². The number of aryl methyl sites for hydroxylation is 1. The van der Waals surface area contributed by atoms with Gasteiger partial charge in [-0.1, -0.05) is 19.8 Å². The van der Waals surface area contributed by atoms with Gasteiger partial charge >= 0.3 is 0 Å². The van der Waals surface area contributed by atoms with Gasteiger partial charge in [0.1, 0.15) is 4.90 Å². The van der Waals surface area contributed by atoms with Crippen molar-refractivity contribution in [3.8, 4) is 0 Å². The van der Waals surface area contributed by atoms with E-state index in [4.69, 9.17) is 5.73 Å². The van der Waals surface area contributed by atoms with Gasteiger partial charge in [0.2, 0.25) is 10.0 Å². The lowest BCUT2D eigenvalue weighted by molar-refractivity contribution is 0.283. The predicted octanol–water partition coefficient (Wildman–Crippen LogP) is 1.34. The fourth-order valence-corrected chi connectivity index (χ4v) is 3.98. The lowest BCUT2D eigenvalue weighted by Gasteiger charge is -2.26. The Balaban J connectivity index is 1.90. The van der Waals surface area contributed by atoms with Crippen LogP contribution in [0.3, 0.4) is 0 Å². The van der Waals surface area contributed by atoms with E-state index in [1.54, 1.807) is 10.9 Å². The molecule has 6 nitrogen and oxygen atoms in total. The summed E-state index contributed by atoms with van der Waals surface area (Å²) in [7, 11) is -3.45. The Morgan fingerprint density at radius 3 is 3.00 bits per heavy atom. The highest BCUT2D eigenvalue weighted by atomic mass is 32.2. The summed E-state index contributed by atoms with van der Waals surface area (Å²) in [4.78, 5) is 0.239. The van der Waals surface area contributed by atoms with Crippen LogP contribution in [0.2, 0.25) is 0 Å². The van der Waals surface area contributed by atoms with Crippen LogP contribution in [-0.2, 0) is 16.6 Å². The quantitative estimate of drug-likeness (QED) is 0.794. The molecule has 0 aromatic carbocycles. The van der Waals surface area contributed by atoms with Crippen LogP contribution in [0.15, 0.2) is 17.3 Å². The van der Waals surface area contributed by atoms with Crippen molar-refractivity contribution in [3.63, 3.8) is 0 Å². The first-order valence-electron chi connectivity index (χ1n) is 7.73. The van der Waals surface area contributed by atoms with E-state index in [1.165, 1.54) is 19.0 Å². The third kappa shape index (κ3) is 4.79. The van der Waals surface area contributed by atoms with E-state index >= 15 is 0 Å². The number of nitrogens with zero attached hydrogens (tertiary/aromatic N) is 2. The van der Waals surface area contributed by atoms with Gasteiger partial charge in [0.25, 0.3) is 0 Å². The zero-order valence-electron chi connectivity index (χ0n) is 12.7. The second kappa shape index (κ2) is 7.38. The van der Waals surface area contributed by atoms with Crippen molar-refractivity contribution >= 4 is 10.0 Å². The second-order valence-electron chi connectivity index (χ2n) is 6.07. The van der Waals surface area contributed by atoms with E-state index in [2.05, 4.69) is 16.7 Å². The first-order valence-corrected chi connectivity index (χ1v) is 9.22. The van der Waals surface area contributed by atoms with Crippen LogP contribution in [-0.4, -0.2) is 31.3 Å². The largest absolute Gasteiger partial charge is 0.330 e. The zero-order valence-corrected chi connectivity index (χ0v) is 13.5. The summed E-state index contributed by atoms with van der Waals surface area (Å²) in [6, 6.07) is 0. The van der Waals surface area contributed by atoms with Crippen molar-refractivity contribution in [1.82, 2.24) is 14.5 Å². The molecule has 1 fully saturated rings. The minimum absolute atomic E-state index is 0.239. The van der Waals surface area contributed by atoms with Crippen LogP contribution < -0.4 is 10.5 Å². The summed E-state index contributed by atoms with van der Waals surface area (Å²) in [6.45, 7) is 3.98. The van der Waals surface area contributed by atoms with Gasteiger partial charge in [0.15, 0.2) is 0 Å². The van der Waals surface area contributed by atoms with Gasteiger partial charge in [-0.05, 0) is 37.6 Å². The van der Waals surface area contributed by atoms with E-state index in [0.29, 0.717) is 31.5 Å². The molecule has 0 spiro atoms. The summed E-state index contributed by atoms with van der Waals surface area (Å²) in [5, 5.41) is 4.07. The van der Waals surface area contributed by atoms with Gasteiger partial charge < -0.3 is 5.73 Å². The highest BCUT2D eigenvalue weighted by Crippen LogP contribution is 2.28. The topological polar surface area (TPSA) is 90.0 Å². The summed E-state index contributed by atoms with van der Waals surface area (Å²) < 4.78 is 28.9. The summed E-state index contributed by atoms with van der Waals surface area (Å²) in [6.07, 6.45) is 8.45. The van der Waals surface area contributed by atoms with Crippen LogP contribution >= 0.6 is 0 Å². The van der Waals surface area contributed by atoms with E-state index < -0.39 is 10.0 Å². The summed E-state index contributed by atoms with van der Waals surface area (Å²) >= 11 is 0. The minimum atomic E-state index is -3.45. The number of hydrogen-bond acceptors (Lipinski definition) is 4. The molecule has 0 bridgehead atoms. The van der Waals surface area contributed by atoms with Crippen LogP contribution in [0.25, 0.3) is 0 Å². The van der Waals surface area contributed by atoms with Crippen molar-refractivity contribution < 1.29 is 8.42 Å². The maximum absolute atomic E-state index is 12.3. The van der Waals surface area contributed by atoms with Crippen molar-refractivity contribution in [2.24, 2.45) is 17.6 Å². The van der Waals surface area contributed by atoms with Crippen LogP contribution in [0.1, 0.15) is 39.0 Å². The number of rotatable bonds is 7. The van der Waals surface area contributed by atoms with Crippen LogP contribution in [0.4, 0.5) is 0 Å². The molecule has 1 aliphatic carbocycles. The molecule has 0 amide bonds. The SMILES string of the molecule is CC1CCCC(CNS(=O)(=O)c2cnn(CCCN)c2)C1. The van der Waals surface area contributed by atoms with Gasteiger partial charge in [0, 0.05) is 19.3 Å². The zero-order chi connectivity index (χ0) is 15.3. The predicted molar refractivity (Wildman–Crippen MR) is 82.2 cm³/mol. The molecule has 2 rings (SSSR count). The van der Waals surface area contributed by atoms with Gasteiger partial charge in [-0.2, -0.15) is 5.10 Å². The first kappa shape index (κ1) is 16.5. The molecule has 120 valence electrons. The molecule has 1 aliphatic rings. The number of nitrogens with two attached hydrogens (primary N) is 1. The third-order valence-electron chi connectivity index (χ3n) is 4.12. The van der Waals surface area contributed by atoms with Crippen molar-refractivity contribution in [2.45, 2.75) is 50.5 Å². The fraction of sp³-hybridized carbons (Fsp3) is 0.786. The molecule has 1 heterocycles. The third-order valence-corrected chi connectivity index (χ3v) is 5.50. The molecule has 0 radical (unpaired) electrons. The Morgan fingerprint density at radius 2 is 2.29 bits per heavy atom. The minimum Gasteiger partial charge on any atom is -0.330 e. The summed E-state index contributed by atoms with van der Waals surface area (Å²) in [5.74, 6) is 1.16. The maximum Gasteiger partial charge on any atom is 0.243 e. The lowest BCUT2D eigenvalue weighted by Crippen LogP contribution is -2.31. The highest BCUT2D eigenvalue weighted by molar-refractivity contribution is 7.89. The fourth-order valence-electron chi connectivity index (χ4n) is 2.91. The van der Waals surface area contributed by atoms with E-state index in [9.17, 15) is 8.42 Å². The Hall–Kier alpha value is -0.920. The molecule has 3 N–H and O–H groups in total. The Morgan fingerprint density at radius 1 is 1.48 bits per heavy atom. The lowest BCUT2D eigenvalue weighted by atomic mass is 9.83. The molecule has 7 heteroatoms. The number of hydrogen-bond donors (Lipinski definition) is 2. The molecule has 2 atom stereocenters. The Labute approximate surface area is 127 Å². The average molecular weight is 314 g/mol. The maximum atomic E-state index is 12.3. The molecule has 1 aromatic heterocycles. The molecule has 1 aromatic rings. The molecule has 21 heavy (non-hydrogen) atoms. The monoisotopic (exact) mass is 314 g/mol. The van der Waals surface area contributed by atoms with E-state index in [1.807, 2.05) is 0 Å². The number of sulfonamides is 1. The first-order chi connectivity index (χ1) is 10.0. The van der Waals surface area contributed by atoms with Crippen LogP contribution in [0.5, 0.6) is 0 Å². The summed E-state index contributed by atoms with van der Waals surface area (Å²) in [5.41, 5.74) is 5.44. The van der Waals surface area contributed by atoms with Gasteiger partial charge in [-0.25, -0.2) is 13.1 Å². The molecule has 0 aliphatic heterocycles. The van der Waals surface area contributed by atoms with Crippen molar-refractivity contribution in [1.29, 1.82) is 0 Å². The highest BCUT2D eigenvalue weighted by Gasteiger charge is 2.22. The van der Waals surface area contributed by atoms with E-state index in [-0.39, 0.29) is 4.90 Å². The Kier molecular flexibility index (Phi) is 5.78. The number of aromatic nitrogens is 2. The second-order valence-corrected chi connectivity index (χ2v) is 7.84. The Bertz CT molecular complexity index is 541. The van der Waals surface area contributed by atoms with Gasteiger partial charge in [-0.3, -0.25) is 4.68 Å². The molecular weight excluding hydrogens is 288 g/mol. The van der Waals surface area contributed by atoms with Gasteiger partial charge in [0.05, 0.1) is 6.20 Å². The number of nitrogens with one attached hydrogen (secondary N) is 1. The standard InChI is InChI=1S/C14H26N4O2S/c1-12-4-2-5-13(8-12)9-17-21(19,20)14-10-16-18(11-14)7-3-6-15/h10-13,17H,2-9,15H2,1H3. The van der Waals surface area contributed by atoms with E-state index in [0.717, 1.165) is 19.3 Å². The molecule has 1 saturated carbocycles. The van der Waals surface area contributed by atoms with Crippen LogP contribution in [0, 0.1) is 11.8 Å². The smallest absolute Gasteiger partial charge is 0.243 e. The molecule has 2 unspecified atom stereocenters. The van der Waals surface area contributed by atoms with Crippen molar-refractivity contribution in [2.75, 3.05) is 13.1 Å². The average Bonchev–Trinajstić information content (AvgIpc) is 2.93. The van der Waals surface area contributed by atoms with Gasteiger partial charge in [-0.15, -0.1) is 0 Å².